The molecule has 0 aliphatic heterocycles. The molecule has 0 radical (unpaired) electrons. The number of allylic oxidation sites excluding steroid dienone is 2. The van der Waals surface area contributed by atoms with Gasteiger partial charge in [0.05, 0.1) is 12.8 Å². The highest BCUT2D eigenvalue weighted by Gasteiger charge is 2.39. The van der Waals surface area contributed by atoms with Crippen LogP contribution in [0.3, 0.4) is 0 Å². The van der Waals surface area contributed by atoms with E-state index in [0.717, 1.165) is 12.8 Å². The fourth-order valence-corrected chi connectivity index (χ4v) is 3.49. The molecule has 1 aromatic rings. The largest absolute Gasteiger partial charge is 0.495 e. The summed E-state index contributed by atoms with van der Waals surface area (Å²) in [4.78, 5) is 26.0. The topological polar surface area (TPSA) is 58.6 Å². The summed E-state index contributed by atoms with van der Waals surface area (Å²) in [5.74, 6) is 1.40. The van der Waals surface area contributed by atoms with Crippen LogP contribution in [-0.2, 0) is 4.79 Å². The summed E-state index contributed by atoms with van der Waals surface area (Å²) in [7, 11) is 4.94. The van der Waals surface area contributed by atoms with Crippen molar-refractivity contribution in [3.8, 4) is 5.75 Å². The van der Waals surface area contributed by atoms with E-state index in [4.69, 9.17) is 4.74 Å². The Morgan fingerprint density at radius 2 is 2.00 bits per heavy atom. The predicted molar refractivity (Wildman–Crippen MR) is 88.5 cm³/mol. The first-order valence-corrected chi connectivity index (χ1v) is 7.88. The third-order valence-corrected chi connectivity index (χ3v) is 4.73. The molecule has 0 saturated heterocycles. The standard InChI is InChI=1S/C18H22N2O3/c1-20(2)18(22)13-6-7-15(16(10-13)23-3)19-17(21)14-9-11-4-5-12(14)8-11/h4-7,10-12,14H,8-9H2,1-3H3,(H,19,21)/t11-,12-,14+/m0/s1. The Hall–Kier alpha value is -2.30. The number of benzene rings is 1. The molecule has 1 N–H and O–H groups in total. The Bertz CT molecular complexity index is 666. The van der Waals surface area contributed by atoms with Crippen LogP contribution in [-0.4, -0.2) is 37.9 Å². The highest BCUT2D eigenvalue weighted by Crippen LogP contribution is 2.44. The summed E-state index contributed by atoms with van der Waals surface area (Å²) in [6.45, 7) is 0. The van der Waals surface area contributed by atoms with Crippen LogP contribution in [0.15, 0.2) is 30.4 Å². The van der Waals surface area contributed by atoms with E-state index in [1.54, 1.807) is 32.3 Å². The normalized spacial score (nSPS) is 24.6. The molecule has 3 rings (SSSR count). The number of fused-ring (bicyclic) bond motifs is 2. The van der Waals surface area contributed by atoms with Crippen LogP contribution in [0.4, 0.5) is 5.69 Å². The maximum Gasteiger partial charge on any atom is 0.253 e. The van der Waals surface area contributed by atoms with E-state index < -0.39 is 0 Å². The summed E-state index contributed by atoms with van der Waals surface area (Å²) in [6, 6.07) is 5.11. The Kier molecular flexibility index (Phi) is 4.11. The molecule has 1 fully saturated rings. The number of rotatable bonds is 4. The van der Waals surface area contributed by atoms with Crippen molar-refractivity contribution in [1.29, 1.82) is 0 Å². The van der Waals surface area contributed by atoms with Crippen molar-refractivity contribution in [2.75, 3.05) is 26.5 Å². The van der Waals surface area contributed by atoms with Crippen molar-refractivity contribution in [3.63, 3.8) is 0 Å². The van der Waals surface area contributed by atoms with Crippen molar-refractivity contribution in [2.45, 2.75) is 12.8 Å². The molecule has 2 aliphatic rings. The summed E-state index contributed by atoms with van der Waals surface area (Å²) >= 11 is 0. The highest BCUT2D eigenvalue weighted by atomic mass is 16.5. The molecule has 1 saturated carbocycles. The van der Waals surface area contributed by atoms with Gasteiger partial charge in [-0.05, 0) is 42.9 Å². The number of anilines is 1. The van der Waals surface area contributed by atoms with Crippen LogP contribution < -0.4 is 10.1 Å². The molecule has 1 aromatic carbocycles. The van der Waals surface area contributed by atoms with Crippen molar-refractivity contribution < 1.29 is 14.3 Å². The first kappa shape index (κ1) is 15.6. The minimum Gasteiger partial charge on any atom is -0.495 e. The van der Waals surface area contributed by atoms with Crippen LogP contribution >= 0.6 is 0 Å². The average molecular weight is 314 g/mol. The van der Waals surface area contributed by atoms with Crippen LogP contribution in [0.5, 0.6) is 5.75 Å². The number of carbonyl (C=O) groups is 2. The van der Waals surface area contributed by atoms with Gasteiger partial charge in [0.15, 0.2) is 0 Å². The number of methoxy groups -OCH3 is 1. The number of carbonyl (C=O) groups excluding carboxylic acids is 2. The van der Waals surface area contributed by atoms with Gasteiger partial charge in [-0.1, -0.05) is 12.2 Å². The molecule has 0 aromatic heterocycles. The lowest BCUT2D eigenvalue weighted by Gasteiger charge is -2.19. The van der Waals surface area contributed by atoms with Gasteiger partial charge in [-0.2, -0.15) is 0 Å². The first-order chi connectivity index (χ1) is 11.0. The second kappa shape index (κ2) is 6.07. The quantitative estimate of drug-likeness (QED) is 0.869. The molecule has 0 heterocycles. The lowest BCUT2D eigenvalue weighted by Crippen LogP contribution is -2.26. The Morgan fingerprint density at radius 3 is 2.57 bits per heavy atom. The number of amides is 2. The fourth-order valence-electron chi connectivity index (χ4n) is 3.49. The maximum absolute atomic E-state index is 12.5. The number of nitrogens with one attached hydrogen (secondary N) is 1. The molecular weight excluding hydrogens is 292 g/mol. The molecule has 23 heavy (non-hydrogen) atoms. The van der Waals surface area contributed by atoms with Crippen LogP contribution in [0.1, 0.15) is 23.2 Å². The summed E-state index contributed by atoms with van der Waals surface area (Å²) in [5.41, 5.74) is 1.15. The maximum atomic E-state index is 12.5. The number of hydrogen-bond acceptors (Lipinski definition) is 3. The third-order valence-electron chi connectivity index (χ3n) is 4.73. The van der Waals surface area contributed by atoms with Gasteiger partial charge in [0.25, 0.3) is 5.91 Å². The van der Waals surface area contributed by atoms with Gasteiger partial charge in [0.2, 0.25) is 5.91 Å². The van der Waals surface area contributed by atoms with Gasteiger partial charge in [0.1, 0.15) is 5.75 Å². The molecule has 3 atom stereocenters. The van der Waals surface area contributed by atoms with Gasteiger partial charge in [-0.25, -0.2) is 0 Å². The van der Waals surface area contributed by atoms with Crippen molar-refractivity contribution in [1.82, 2.24) is 4.90 Å². The molecule has 122 valence electrons. The molecule has 2 bridgehead atoms. The zero-order chi connectivity index (χ0) is 16.6. The molecule has 0 unspecified atom stereocenters. The van der Waals surface area contributed by atoms with Crippen LogP contribution in [0.2, 0.25) is 0 Å². The number of hydrogen-bond donors (Lipinski definition) is 1. The molecule has 5 heteroatoms. The first-order valence-electron chi connectivity index (χ1n) is 7.88. The van der Waals surface area contributed by atoms with Gasteiger partial charge < -0.3 is 15.0 Å². The molecule has 5 nitrogen and oxygen atoms in total. The Morgan fingerprint density at radius 1 is 1.22 bits per heavy atom. The minimum atomic E-state index is -0.0978. The van der Waals surface area contributed by atoms with E-state index in [9.17, 15) is 9.59 Å². The minimum absolute atomic E-state index is 0.0341. The second-order valence-corrected chi connectivity index (χ2v) is 6.49. The lowest BCUT2D eigenvalue weighted by molar-refractivity contribution is -0.120. The van der Waals surface area contributed by atoms with E-state index >= 15 is 0 Å². The molecular formula is C18H22N2O3. The zero-order valence-electron chi connectivity index (χ0n) is 13.7. The van der Waals surface area contributed by atoms with Crippen molar-refractivity contribution >= 4 is 17.5 Å². The lowest BCUT2D eigenvalue weighted by atomic mass is 9.92. The number of ether oxygens (including phenoxy) is 1. The summed E-state index contributed by atoms with van der Waals surface area (Å²) in [5, 5.41) is 2.96. The SMILES string of the molecule is COc1cc(C(=O)N(C)C)ccc1NC(=O)[C@@H]1C[C@H]2C=C[C@H]1C2. The third kappa shape index (κ3) is 2.96. The van der Waals surface area contributed by atoms with E-state index in [1.165, 1.54) is 12.0 Å². The van der Waals surface area contributed by atoms with E-state index in [1.807, 2.05) is 0 Å². The second-order valence-electron chi connectivity index (χ2n) is 6.49. The van der Waals surface area contributed by atoms with Gasteiger partial charge in [-0.3, -0.25) is 9.59 Å². The van der Waals surface area contributed by atoms with Gasteiger partial charge in [-0.15, -0.1) is 0 Å². The van der Waals surface area contributed by atoms with Gasteiger partial charge >= 0.3 is 0 Å². The van der Waals surface area contributed by atoms with E-state index in [0.29, 0.717) is 28.8 Å². The number of nitrogens with zero attached hydrogens (tertiary/aromatic N) is 1. The Balaban J connectivity index is 1.76. The average Bonchev–Trinajstić information content (AvgIpc) is 3.17. The van der Waals surface area contributed by atoms with Crippen LogP contribution in [0, 0.1) is 17.8 Å². The summed E-state index contributed by atoms with van der Waals surface area (Å²) < 4.78 is 5.34. The molecule has 2 amide bonds. The fraction of sp³-hybridized carbons (Fsp3) is 0.444. The molecule has 2 aliphatic carbocycles. The van der Waals surface area contributed by atoms with Gasteiger partial charge in [0, 0.05) is 25.6 Å². The monoisotopic (exact) mass is 314 g/mol. The summed E-state index contributed by atoms with van der Waals surface area (Å²) in [6.07, 6.45) is 6.39. The van der Waals surface area contributed by atoms with E-state index in [2.05, 4.69) is 17.5 Å². The smallest absolute Gasteiger partial charge is 0.253 e. The van der Waals surface area contributed by atoms with Crippen LogP contribution in [0.25, 0.3) is 0 Å². The molecule has 0 spiro atoms. The Labute approximate surface area is 136 Å². The van der Waals surface area contributed by atoms with E-state index in [-0.39, 0.29) is 17.7 Å². The highest BCUT2D eigenvalue weighted by molar-refractivity contribution is 5.98. The van der Waals surface area contributed by atoms with Crippen molar-refractivity contribution in [2.24, 2.45) is 17.8 Å². The zero-order valence-corrected chi connectivity index (χ0v) is 13.7. The predicted octanol–water partition coefficient (Wildman–Crippen LogP) is 2.55. The van der Waals surface area contributed by atoms with Crippen molar-refractivity contribution in [3.05, 3.63) is 35.9 Å².